The summed E-state index contributed by atoms with van der Waals surface area (Å²) in [5.41, 5.74) is 6.41. The smallest absolute Gasteiger partial charge is 0.0795 e. The SMILES string of the molecule is C=C(C)c1cccc(CC)c1.CNC(=S)Cc1cccc(N2CCCC2)c1. The maximum absolute atomic E-state index is 5.19. The first-order valence-electron chi connectivity index (χ1n) is 9.82. The molecule has 1 N–H and O–H groups in total. The first-order chi connectivity index (χ1) is 13.0. The van der Waals surface area contributed by atoms with Crippen LogP contribution in [0.3, 0.4) is 0 Å². The molecule has 1 aliphatic rings. The number of likely N-dealkylation sites (N-methyl/N-ethyl adjacent to an activating group) is 1. The van der Waals surface area contributed by atoms with E-state index in [1.165, 1.54) is 48.3 Å². The standard InChI is InChI=1S/C13H18N2S.C11H14/c1-14-13(16)10-11-5-4-6-12(9-11)15-7-2-3-8-15;1-4-10-6-5-7-11(8-10)9(2)3/h4-6,9H,2-3,7-8,10H2,1H3,(H,14,16);5-8H,2,4H2,1,3H3. The van der Waals surface area contributed by atoms with Crippen LogP contribution in [-0.4, -0.2) is 25.1 Å². The van der Waals surface area contributed by atoms with Gasteiger partial charge in [0.1, 0.15) is 0 Å². The first-order valence-corrected chi connectivity index (χ1v) is 10.2. The summed E-state index contributed by atoms with van der Waals surface area (Å²) in [6.07, 6.45) is 4.58. The molecule has 1 saturated heterocycles. The van der Waals surface area contributed by atoms with Crippen molar-refractivity contribution in [2.75, 3.05) is 25.0 Å². The Morgan fingerprint density at radius 3 is 2.37 bits per heavy atom. The molecule has 144 valence electrons. The van der Waals surface area contributed by atoms with Gasteiger partial charge in [0.25, 0.3) is 0 Å². The van der Waals surface area contributed by atoms with Crippen LogP contribution >= 0.6 is 12.2 Å². The third-order valence-electron chi connectivity index (χ3n) is 4.85. The Kier molecular flexibility index (Phi) is 8.53. The second-order valence-electron chi connectivity index (χ2n) is 7.05. The molecule has 1 fully saturated rings. The molecule has 0 spiro atoms. The number of rotatable bonds is 5. The van der Waals surface area contributed by atoms with E-state index in [0.717, 1.165) is 23.4 Å². The van der Waals surface area contributed by atoms with Gasteiger partial charge >= 0.3 is 0 Å². The zero-order valence-electron chi connectivity index (χ0n) is 16.9. The molecule has 1 heterocycles. The van der Waals surface area contributed by atoms with E-state index in [2.05, 4.69) is 72.3 Å². The zero-order valence-corrected chi connectivity index (χ0v) is 17.7. The molecule has 2 nitrogen and oxygen atoms in total. The van der Waals surface area contributed by atoms with Crippen LogP contribution in [-0.2, 0) is 12.8 Å². The summed E-state index contributed by atoms with van der Waals surface area (Å²) in [6.45, 7) is 10.5. The lowest BCUT2D eigenvalue weighted by molar-refractivity contribution is 0.949. The molecule has 3 heteroatoms. The predicted molar refractivity (Wildman–Crippen MR) is 124 cm³/mol. The minimum Gasteiger partial charge on any atom is -0.382 e. The van der Waals surface area contributed by atoms with Gasteiger partial charge in [0, 0.05) is 32.2 Å². The van der Waals surface area contributed by atoms with Gasteiger partial charge in [0.15, 0.2) is 0 Å². The second kappa shape index (κ2) is 10.9. The quantitative estimate of drug-likeness (QED) is 0.674. The third-order valence-corrected chi connectivity index (χ3v) is 5.20. The van der Waals surface area contributed by atoms with Gasteiger partial charge in [0.05, 0.1) is 4.99 Å². The number of hydrogen-bond acceptors (Lipinski definition) is 2. The van der Waals surface area contributed by atoms with Gasteiger partial charge in [-0.25, -0.2) is 0 Å². The average molecular weight is 381 g/mol. The van der Waals surface area contributed by atoms with Gasteiger partial charge in [-0.3, -0.25) is 0 Å². The molecule has 0 bridgehead atoms. The van der Waals surface area contributed by atoms with Crippen LogP contribution in [0.15, 0.2) is 55.1 Å². The van der Waals surface area contributed by atoms with E-state index in [1.807, 2.05) is 14.0 Å². The number of anilines is 1. The van der Waals surface area contributed by atoms with Crippen molar-refractivity contribution in [3.8, 4) is 0 Å². The number of thiocarbonyl (C=S) groups is 1. The molecule has 0 aromatic heterocycles. The lowest BCUT2D eigenvalue weighted by atomic mass is 10.0. The minimum absolute atomic E-state index is 0.841. The topological polar surface area (TPSA) is 15.3 Å². The van der Waals surface area contributed by atoms with Gasteiger partial charge in [0.2, 0.25) is 0 Å². The summed E-state index contributed by atoms with van der Waals surface area (Å²) in [5, 5.41) is 3.02. The van der Waals surface area contributed by atoms with Crippen LogP contribution in [0.25, 0.3) is 5.57 Å². The molecule has 0 radical (unpaired) electrons. The fourth-order valence-electron chi connectivity index (χ4n) is 3.17. The largest absolute Gasteiger partial charge is 0.382 e. The lowest BCUT2D eigenvalue weighted by Crippen LogP contribution is -2.19. The highest BCUT2D eigenvalue weighted by Gasteiger charge is 2.12. The Bertz CT molecular complexity index is 760. The molecule has 3 rings (SSSR count). The van der Waals surface area contributed by atoms with E-state index >= 15 is 0 Å². The normalized spacial score (nSPS) is 12.9. The van der Waals surface area contributed by atoms with Crippen molar-refractivity contribution in [1.29, 1.82) is 0 Å². The van der Waals surface area contributed by atoms with Crippen molar-refractivity contribution in [3.63, 3.8) is 0 Å². The Morgan fingerprint density at radius 1 is 1.07 bits per heavy atom. The lowest BCUT2D eigenvalue weighted by Gasteiger charge is -2.18. The van der Waals surface area contributed by atoms with Crippen molar-refractivity contribution >= 4 is 28.5 Å². The zero-order chi connectivity index (χ0) is 19.6. The van der Waals surface area contributed by atoms with Crippen LogP contribution in [0.5, 0.6) is 0 Å². The average Bonchev–Trinajstić information content (AvgIpc) is 3.23. The number of nitrogens with one attached hydrogen (secondary N) is 1. The second-order valence-corrected chi connectivity index (χ2v) is 7.54. The van der Waals surface area contributed by atoms with E-state index < -0.39 is 0 Å². The van der Waals surface area contributed by atoms with Crippen LogP contribution in [0, 0.1) is 0 Å². The van der Waals surface area contributed by atoms with Crippen LogP contribution < -0.4 is 10.2 Å². The highest BCUT2D eigenvalue weighted by Crippen LogP contribution is 2.21. The monoisotopic (exact) mass is 380 g/mol. The van der Waals surface area contributed by atoms with Gasteiger partial charge in [-0.2, -0.15) is 0 Å². The maximum atomic E-state index is 5.19. The van der Waals surface area contributed by atoms with Gasteiger partial charge in [-0.15, -0.1) is 0 Å². The highest BCUT2D eigenvalue weighted by atomic mass is 32.1. The fraction of sp³-hybridized carbons (Fsp3) is 0.375. The molecule has 0 saturated carbocycles. The highest BCUT2D eigenvalue weighted by molar-refractivity contribution is 7.80. The summed E-state index contributed by atoms with van der Waals surface area (Å²) in [7, 11) is 1.88. The fourth-order valence-corrected chi connectivity index (χ4v) is 3.34. The molecule has 0 unspecified atom stereocenters. The molecule has 0 aliphatic carbocycles. The van der Waals surface area contributed by atoms with Crippen LogP contribution in [0.4, 0.5) is 5.69 Å². The summed E-state index contributed by atoms with van der Waals surface area (Å²) in [4.78, 5) is 3.35. The number of aryl methyl sites for hydroxylation is 1. The Labute approximate surface area is 170 Å². The van der Waals surface area contributed by atoms with E-state index in [-0.39, 0.29) is 0 Å². The van der Waals surface area contributed by atoms with E-state index in [4.69, 9.17) is 12.2 Å². The predicted octanol–water partition coefficient (Wildman–Crippen LogP) is 5.66. The molecular formula is C24H32N2S. The number of allylic oxidation sites excluding steroid dienone is 1. The summed E-state index contributed by atoms with van der Waals surface area (Å²) < 4.78 is 0. The van der Waals surface area contributed by atoms with E-state index in [1.54, 1.807) is 0 Å². The van der Waals surface area contributed by atoms with Crippen molar-refractivity contribution in [1.82, 2.24) is 5.32 Å². The molecule has 0 amide bonds. The van der Waals surface area contributed by atoms with Crippen LogP contribution in [0.2, 0.25) is 0 Å². The molecule has 1 aliphatic heterocycles. The van der Waals surface area contributed by atoms with Gasteiger partial charge < -0.3 is 10.2 Å². The van der Waals surface area contributed by atoms with Crippen molar-refractivity contribution in [3.05, 3.63) is 71.8 Å². The number of hydrogen-bond donors (Lipinski definition) is 1. The maximum Gasteiger partial charge on any atom is 0.0795 e. The van der Waals surface area contributed by atoms with Gasteiger partial charge in [-0.1, -0.05) is 67.7 Å². The molecule has 2 aromatic carbocycles. The minimum atomic E-state index is 0.841. The Balaban J connectivity index is 0.000000208. The number of nitrogens with zero attached hydrogens (tertiary/aromatic N) is 1. The van der Waals surface area contributed by atoms with Crippen molar-refractivity contribution < 1.29 is 0 Å². The van der Waals surface area contributed by atoms with Gasteiger partial charge in [-0.05, 0) is 55.0 Å². The molecule has 27 heavy (non-hydrogen) atoms. The van der Waals surface area contributed by atoms with E-state index in [9.17, 15) is 0 Å². The summed E-state index contributed by atoms with van der Waals surface area (Å²) in [6, 6.07) is 17.2. The Morgan fingerprint density at radius 2 is 1.74 bits per heavy atom. The summed E-state index contributed by atoms with van der Waals surface area (Å²) in [5.74, 6) is 0. The van der Waals surface area contributed by atoms with Crippen molar-refractivity contribution in [2.24, 2.45) is 0 Å². The van der Waals surface area contributed by atoms with Crippen LogP contribution in [0.1, 0.15) is 43.4 Å². The molecule has 0 atom stereocenters. The number of benzene rings is 2. The molecular weight excluding hydrogens is 348 g/mol. The third kappa shape index (κ3) is 6.84. The van der Waals surface area contributed by atoms with E-state index in [0.29, 0.717) is 0 Å². The summed E-state index contributed by atoms with van der Waals surface area (Å²) >= 11 is 5.19. The first kappa shape index (κ1) is 21.2. The Hall–Kier alpha value is -2.13. The van der Waals surface area contributed by atoms with Crippen molar-refractivity contribution in [2.45, 2.75) is 39.5 Å². The molecule has 2 aromatic rings.